The molecule has 1 aromatic carbocycles. The monoisotopic (exact) mass is 375 g/mol. The van der Waals surface area contributed by atoms with E-state index in [0.29, 0.717) is 5.15 Å². The first-order valence-corrected chi connectivity index (χ1v) is 9.35. The van der Waals surface area contributed by atoms with Crippen molar-refractivity contribution in [2.24, 2.45) is 0 Å². The predicted molar refractivity (Wildman–Crippen MR) is 105 cm³/mol. The van der Waals surface area contributed by atoms with Gasteiger partial charge in [0.1, 0.15) is 10.8 Å². The molecule has 1 saturated heterocycles. The number of aryl methyl sites for hydroxylation is 1. The Kier molecular flexibility index (Phi) is 5.39. The van der Waals surface area contributed by atoms with E-state index >= 15 is 0 Å². The number of halogens is 1. The van der Waals surface area contributed by atoms with Crippen molar-refractivity contribution < 1.29 is 9.53 Å². The van der Waals surface area contributed by atoms with E-state index in [-0.39, 0.29) is 12.1 Å². The van der Waals surface area contributed by atoms with Gasteiger partial charge < -0.3 is 10.1 Å². The number of pyridine rings is 1. The van der Waals surface area contributed by atoms with Crippen molar-refractivity contribution in [3.63, 3.8) is 0 Å². The number of nitrogens with one attached hydrogen (secondary N) is 1. The maximum Gasteiger partial charge on any atom is 0.407 e. The molecule has 1 aromatic heterocycles. The molecule has 1 aliphatic heterocycles. The van der Waals surface area contributed by atoms with Crippen LogP contribution < -0.4 is 5.32 Å². The number of hydrogen-bond donors (Lipinski definition) is 1. The molecule has 1 unspecified atom stereocenters. The van der Waals surface area contributed by atoms with Gasteiger partial charge in [-0.15, -0.1) is 0 Å². The molecular weight excluding hydrogens is 350 g/mol. The van der Waals surface area contributed by atoms with Crippen molar-refractivity contribution in [1.29, 1.82) is 0 Å². The maximum absolute atomic E-state index is 12.0. The van der Waals surface area contributed by atoms with Crippen LogP contribution in [0.25, 0.3) is 10.9 Å². The smallest absolute Gasteiger partial charge is 0.407 e. The standard InChI is InChI=1S/C20H26ClN3O2/c1-13-5-6-16-14(10-18(21)23-17(16)9-13)11-24-8-7-15(12-24)22-19(25)26-20(2,3)4/h5-6,9-10,15H,7-8,11-12H2,1-4H3,(H,22,25). The summed E-state index contributed by atoms with van der Waals surface area (Å²) in [7, 11) is 0. The largest absolute Gasteiger partial charge is 0.444 e. The Morgan fingerprint density at radius 1 is 1.38 bits per heavy atom. The molecular formula is C20H26ClN3O2. The molecule has 1 amide bonds. The number of likely N-dealkylation sites (tertiary alicyclic amines) is 1. The summed E-state index contributed by atoms with van der Waals surface area (Å²) in [5, 5.41) is 4.61. The fourth-order valence-electron chi connectivity index (χ4n) is 3.31. The Morgan fingerprint density at radius 2 is 2.15 bits per heavy atom. The molecule has 1 N–H and O–H groups in total. The van der Waals surface area contributed by atoms with Crippen molar-refractivity contribution in [3.05, 3.63) is 40.5 Å². The molecule has 0 aliphatic carbocycles. The van der Waals surface area contributed by atoms with Crippen LogP contribution in [0.3, 0.4) is 0 Å². The number of nitrogens with zero attached hydrogens (tertiary/aromatic N) is 2. The summed E-state index contributed by atoms with van der Waals surface area (Å²) < 4.78 is 5.34. The van der Waals surface area contributed by atoms with E-state index < -0.39 is 5.60 Å². The van der Waals surface area contributed by atoms with E-state index in [2.05, 4.69) is 40.3 Å². The number of benzene rings is 1. The lowest BCUT2D eigenvalue weighted by Crippen LogP contribution is -2.40. The van der Waals surface area contributed by atoms with Gasteiger partial charge in [-0.3, -0.25) is 4.90 Å². The van der Waals surface area contributed by atoms with Crippen molar-refractivity contribution in [3.8, 4) is 0 Å². The first-order valence-electron chi connectivity index (χ1n) is 8.97. The number of fused-ring (bicyclic) bond motifs is 1. The normalized spacial score (nSPS) is 18.3. The summed E-state index contributed by atoms with van der Waals surface area (Å²) >= 11 is 6.22. The fourth-order valence-corrected chi connectivity index (χ4v) is 3.54. The lowest BCUT2D eigenvalue weighted by Gasteiger charge is -2.22. The zero-order valence-electron chi connectivity index (χ0n) is 15.8. The van der Waals surface area contributed by atoms with E-state index in [9.17, 15) is 4.79 Å². The summed E-state index contributed by atoms with van der Waals surface area (Å²) in [6.07, 6.45) is 0.562. The molecule has 1 aliphatic rings. The molecule has 5 nitrogen and oxygen atoms in total. The summed E-state index contributed by atoms with van der Waals surface area (Å²) in [5.41, 5.74) is 2.78. The fraction of sp³-hybridized carbons (Fsp3) is 0.500. The van der Waals surface area contributed by atoms with Gasteiger partial charge in [0.2, 0.25) is 0 Å². The minimum atomic E-state index is -0.479. The Balaban J connectivity index is 1.66. The van der Waals surface area contributed by atoms with Crippen LogP contribution in [0.5, 0.6) is 0 Å². The second-order valence-corrected chi connectivity index (χ2v) is 8.38. The van der Waals surface area contributed by atoms with Gasteiger partial charge in [-0.25, -0.2) is 9.78 Å². The van der Waals surface area contributed by atoms with Gasteiger partial charge >= 0.3 is 6.09 Å². The minimum absolute atomic E-state index is 0.107. The zero-order chi connectivity index (χ0) is 18.9. The number of hydrogen-bond acceptors (Lipinski definition) is 4. The molecule has 1 atom stereocenters. The van der Waals surface area contributed by atoms with Gasteiger partial charge in [-0.05, 0) is 57.4 Å². The topological polar surface area (TPSA) is 54.5 Å². The van der Waals surface area contributed by atoms with Crippen molar-refractivity contribution in [1.82, 2.24) is 15.2 Å². The Bertz CT molecular complexity index is 811. The van der Waals surface area contributed by atoms with E-state index in [1.165, 1.54) is 5.56 Å². The van der Waals surface area contributed by atoms with Crippen LogP contribution >= 0.6 is 11.6 Å². The van der Waals surface area contributed by atoms with E-state index in [4.69, 9.17) is 16.3 Å². The predicted octanol–water partition coefficient (Wildman–Crippen LogP) is 4.30. The molecule has 0 saturated carbocycles. The average Bonchev–Trinajstić information content (AvgIpc) is 2.91. The zero-order valence-corrected chi connectivity index (χ0v) is 16.6. The highest BCUT2D eigenvalue weighted by molar-refractivity contribution is 6.29. The first-order chi connectivity index (χ1) is 12.2. The van der Waals surface area contributed by atoms with Crippen molar-refractivity contribution in [2.75, 3.05) is 13.1 Å². The molecule has 140 valence electrons. The van der Waals surface area contributed by atoms with Gasteiger partial charge in [-0.2, -0.15) is 0 Å². The van der Waals surface area contributed by atoms with Crippen LogP contribution in [0.4, 0.5) is 4.79 Å². The number of ether oxygens (including phenoxy) is 1. The van der Waals surface area contributed by atoms with Crippen LogP contribution in [-0.2, 0) is 11.3 Å². The van der Waals surface area contributed by atoms with Gasteiger partial charge in [0, 0.05) is 31.1 Å². The SMILES string of the molecule is Cc1ccc2c(CN3CCC(NC(=O)OC(C)(C)C)C3)cc(Cl)nc2c1. The maximum atomic E-state index is 12.0. The van der Waals surface area contributed by atoms with Crippen LogP contribution in [-0.4, -0.2) is 40.7 Å². The molecule has 3 rings (SSSR count). The van der Waals surface area contributed by atoms with E-state index in [0.717, 1.165) is 42.5 Å². The van der Waals surface area contributed by atoms with Gasteiger partial charge in [0.05, 0.1) is 5.52 Å². The third-order valence-corrected chi connectivity index (χ3v) is 4.60. The van der Waals surface area contributed by atoms with Crippen molar-refractivity contribution >= 4 is 28.6 Å². The number of amides is 1. The van der Waals surface area contributed by atoms with Crippen molar-refractivity contribution in [2.45, 2.75) is 52.3 Å². The van der Waals surface area contributed by atoms with Gasteiger partial charge in [-0.1, -0.05) is 23.7 Å². The van der Waals surface area contributed by atoms with Gasteiger partial charge in [0.25, 0.3) is 0 Å². The third kappa shape index (κ3) is 4.86. The van der Waals surface area contributed by atoms with Gasteiger partial charge in [0.15, 0.2) is 0 Å². The number of alkyl carbamates (subject to hydrolysis) is 1. The number of carbonyl (C=O) groups excluding carboxylic acids is 1. The van der Waals surface area contributed by atoms with E-state index in [1.54, 1.807) is 0 Å². The summed E-state index contributed by atoms with van der Waals surface area (Å²) in [6.45, 7) is 10.2. The average molecular weight is 376 g/mol. The van der Waals surface area contributed by atoms with Crippen LogP contribution in [0, 0.1) is 6.92 Å². The van der Waals surface area contributed by atoms with Crippen LogP contribution in [0.1, 0.15) is 38.3 Å². The Morgan fingerprint density at radius 3 is 2.88 bits per heavy atom. The molecule has 1 fully saturated rings. The highest BCUT2D eigenvalue weighted by Crippen LogP contribution is 2.24. The molecule has 0 spiro atoms. The lowest BCUT2D eigenvalue weighted by molar-refractivity contribution is 0.0506. The molecule has 26 heavy (non-hydrogen) atoms. The number of carbonyl (C=O) groups is 1. The number of rotatable bonds is 3. The van der Waals surface area contributed by atoms with E-state index in [1.807, 2.05) is 26.8 Å². The summed E-state index contributed by atoms with van der Waals surface area (Å²) in [4.78, 5) is 18.7. The Hall–Kier alpha value is -1.85. The molecule has 2 aromatic rings. The molecule has 0 bridgehead atoms. The summed E-state index contributed by atoms with van der Waals surface area (Å²) in [6, 6.07) is 8.31. The quantitative estimate of drug-likeness (QED) is 0.813. The third-order valence-electron chi connectivity index (χ3n) is 4.41. The lowest BCUT2D eigenvalue weighted by atomic mass is 10.1. The molecule has 0 radical (unpaired) electrons. The minimum Gasteiger partial charge on any atom is -0.444 e. The summed E-state index contributed by atoms with van der Waals surface area (Å²) in [5.74, 6) is 0. The van der Waals surface area contributed by atoms with Crippen LogP contribution in [0.2, 0.25) is 5.15 Å². The molecule has 6 heteroatoms. The number of aromatic nitrogens is 1. The molecule has 2 heterocycles. The highest BCUT2D eigenvalue weighted by Gasteiger charge is 2.26. The second-order valence-electron chi connectivity index (χ2n) is 7.99. The second kappa shape index (κ2) is 7.41. The Labute approximate surface area is 159 Å². The highest BCUT2D eigenvalue weighted by atomic mass is 35.5. The first kappa shape index (κ1) is 18.9. The van der Waals surface area contributed by atoms with Crippen LogP contribution in [0.15, 0.2) is 24.3 Å².